The first-order chi connectivity index (χ1) is 19.2. The van der Waals surface area contributed by atoms with Crippen molar-refractivity contribution in [2.75, 3.05) is 45.8 Å². The Morgan fingerprint density at radius 1 is 0.821 bits per heavy atom. The van der Waals surface area contributed by atoms with Gasteiger partial charge in [-0.15, -0.1) is 0 Å². The fourth-order valence-electron chi connectivity index (χ4n) is 5.98. The molecule has 5 heteroatoms. The number of amides is 1. The van der Waals surface area contributed by atoms with Crippen LogP contribution in [0.1, 0.15) is 65.9 Å². The number of hydrogen-bond donors (Lipinski definition) is 1. The molecule has 39 heavy (non-hydrogen) atoms. The molecule has 1 N–H and O–H groups in total. The van der Waals surface area contributed by atoms with E-state index in [-0.39, 0.29) is 12.0 Å². The summed E-state index contributed by atoms with van der Waals surface area (Å²) in [5, 5.41) is 3.09. The second-order valence-corrected chi connectivity index (χ2v) is 11.1. The van der Waals surface area contributed by atoms with Crippen LogP contribution >= 0.6 is 0 Å². The lowest BCUT2D eigenvalue weighted by Crippen LogP contribution is -2.43. The first kappa shape index (κ1) is 27.4. The highest BCUT2D eigenvalue weighted by molar-refractivity contribution is 5.94. The predicted molar refractivity (Wildman–Crippen MR) is 159 cm³/mol. The molecule has 0 spiro atoms. The van der Waals surface area contributed by atoms with Gasteiger partial charge in [0.15, 0.2) is 0 Å². The van der Waals surface area contributed by atoms with Crippen LogP contribution in [0.2, 0.25) is 0 Å². The molecule has 2 aliphatic heterocycles. The predicted octanol–water partition coefficient (Wildman–Crippen LogP) is 5.97. The Morgan fingerprint density at radius 2 is 1.51 bits per heavy atom. The number of nitrogens with zero attached hydrogens (tertiary/aromatic N) is 2. The molecule has 3 aromatic carbocycles. The highest BCUT2D eigenvalue weighted by atomic mass is 16.5. The molecule has 0 aliphatic carbocycles. The van der Waals surface area contributed by atoms with E-state index in [1.165, 1.54) is 37.1 Å². The number of benzene rings is 3. The molecule has 2 fully saturated rings. The molecule has 0 saturated carbocycles. The monoisotopic (exact) mass is 525 g/mol. The Balaban J connectivity index is 1.13. The van der Waals surface area contributed by atoms with E-state index in [1.54, 1.807) is 0 Å². The average Bonchev–Trinajstić information content (AvgIpc) is 3.51. The summed E-state index contributed by atoms with van der Waals surface area (Å²) in [6.07, 6.45) is 7.07. The topological polar surface area (TPSA) is 44.8 Å². The van der Waals surface area contributed by atoms with Gasteiger partial charge in [-0.05, 0) is 94.0 Å². The second kappa shape index (κ2) is 14.3. The van der Waals surface area contributed by atoms with E-state index in [9.17, 15) is 4.79 Å². The summed E-state index contributed by atoms with van der Waals surface area (Å²) in [6.45, 7) is 7.28. The highest BCUT2D eigenvalue weighted by Crippen LogP contribution is 2.28. The summed E-state index contributed by atoms with van der Waals surface area (Å²) in [4.78, 5) is 17.8. The van der Waals surface area contributed by atoms with Crippen molar-refractivity contribution >= 4 is 5.91 Å². The van der Waals surface area contributed by atoms with E-state index in [4.69, 9.17) is 4.74 Å². The number of carbonyl (C=O) groups excluding carboxylic acids is 1. The molecule has 1 amide bonds. The Hall–Kier alpha value is -3.15. The Morgan fingerprint density at radius 3 is 2.23 bits per heavy atom. The van der Waals surface area contributed by atoms with Crippen molar-refractivity contribution in [2.45, 2.75) is 50.5 Å². The van der Waals surface area contributed by atoms with Gasteiger partial charge >= 0.3 is 0 Å². The van der Waals surface area contributed by atoms with Crippen molar-refractivity contribution < 1.29 is 9.53 Å². The van der Waals surface area contributed by atoms with E-state index < -0.39 is 0 Å². The first-order valence-corrected chi connectivity index (χ1v) is 14.8. The van der Waals surface area contributed by atoms with E-state index in [0.29, 0.717) is 11.5 Å². The highest BCUT2D eigenvalue weighted by Gasteiger charge is 2.25. The molecule has 0 aromatic heterocycles. The molecular formula is C34H43N3O2. The van der Waals surface area contributed by atoms with Crippen LogP contribution in [0.5, 0.6) is 5.75 Å². The van der Waals surface area contributed by atoms with Crippen molar-refractivity contribution in [1.82, 2.24) is 15.1 Å². The molecule has 5 nitrogen and oxygen atoms in total. The lowest BCUT2D eigenvalue weighted by Gasteiger charge is -2.35. The first-order valence-electron chi connectivity index (χ1n) is 14.8. The van der Waals surface area contributed by atoms with Crippen molar-refractivity contribution in [3.8, 4) is 5.75 Å². The minimum absolute atomic E-state index is 0.0135. The summed E-state index contributed by atoms with van der Waals surface area (Å²) >= 11 is 0. The maximum Gasteiger partial charge on any atom is 0.251 e. The van der Waals surface area contributed by atoms with E-state index in [1.807, 2.05) is 24.3 Å². The van der Waals surface area contributed by atoms with Gasteiger partial charge in [0.1, 0.15) is 11.9 Å². The third-order valence-electron chi connectivity index (χ3n) is 8.09. The maximum absolute atomic E-state index is 12.8. The van der Waals surface area contributed by atoms with Crippen molar-refractivity contribution in [2.24, 2.45) is 0 Å². The summed E-state index contributed by atoms with van der Waals surface area (Å²) < 4.78 is 6.44. The molecule has 2 saturated heterocycles. The number of carbonyl (C=O) groups is 1. The van der Waals surface area contributed by atoms with Crippen molar-refractivity contribution in [1.29, 1.82) is 0 Å². The van der Waals surface area contributed by atoms with E-state index in [0.717, 1.165) is 64.2 Å². The third-order valence-corrected chi connectivity index (χ3v) is 8.09. The third kappa shape index (κ3) is 8.17. The van der Waals surface area contributed by atoms with Gasteiger partial charge < -0.3 is 15.0 Å². The fraction of sp³-hybridized carbons (Fsp3) is 0.441. The standard InChI is InChI=1S/C34H43N3O2/c38-34(35-20-7-8-21-36-22-9-10-23-36)30-17-11-18-31(25-30)39-32-19-12-24-37(26-32)27-33(28-13-3-1-4-14-28)29-15-5-2-6-16-29/h1-6,11,13-18,25,32-33H,7-10,12,19-24,26-27H2,(H,35,38). The van der Waals surface area contributed by atoms with Crippen molar-refractivity contribution in [3.05, 3.63) is 102 Å². The molecule has 1 atom stereocenters. The zero-order chi connectivity index (χ0) is 26.7. The molecule has 2 aliphatic rings. The summed E-state index contributed by atoms with van der Waals surface area (Å²) in [5.41, 5.74) is 3.37. The maximum atomic E-state index is 12.8. The van der Waals surface area contributed by atoms with Gasteiger partial charge in [0.25, 0.3) is 5.91 Å². The van der Waals surface area contributed by atoms with Gasteiger partial charge in [0, 0.05) is 31.1 Å². The van der Waals surface area contributed by atoms with Gasteiger partial charge in [-0.2, -0.15) is 0 Å². The minimum atomic E-state index is -0.0135. The van der Waals surface area contributed by atoms with Gasteiger partial charge in [-0.1, -0.05) is 66.7 Å². The smallest absolute Gasteiger partial charge is 0.251 e. The van der Waals surface area contributed by atoms with Crippen LogP contribution in [0.4, 0.5) is 0 Å². The van der Waals surface area contributed by atoms with Crippen molar-refractivity contribution in [3.63, 3.8) is 0 Å². The molecule has 1 unspecified atom stereocenters. The minimum Gasteiger partial charge on any atom is -0.489 e. The zero-order valence-corrected chi connectivity index (χ0v) is 23.1. The van der Waals surface area contributed by atoms with Gasteiger partial charge in [0.2, 0.25) is 0 Å². The Bertz CT molecular complexity index is 1110. The fourth-order valence-corrected chi connectivity index (χ4v) is 5.98. The van der Waals surface area contributed by atoms with Crippen LogP contribution in [0.3, 0.4) is 0 Å². The molecule has 2 heterocycles. The quantitative estimate of drug-likeness (QED) is 0.296. The van der Waals surface area contributed by atoms with Crippen LogP contribution < -0.4 is 10.1 Å². The number of hydrogen-bond acceptors (Lipinski definition) is 4. The Kier molecular flexibility index (Phi) is 10.1. The zero-order valence-electron chi connectivity index (χ0n) is 23.1. The number of rotatable bonds is 12. The second-order valence-electron chi connectivity index (χ2n) is 11.1. The number of piperidine rings is 1. The van der Waals surface area contributed by atoms with Gasteiger partial charge in [-0.3, -0.25) is 9.69 Å². The molecule has 206 valence electrons. The summed E-state index contributed by atoms with van der Waals surface area (Å²) in [6, 6.07) is 29.3. The molecule has 3 aromatic rings. The molecule has 5 rings (SSSR count). The summed E-state index contributed by atoms with van der Waals surface area (Å²) in [7, 11) is 0. The van der Waals surface area contributed by atoms with Gasteiger partial charge in [-0.25, -0.2) is 0 Å². The summed E-state index contributed by atoms with van der Waals surface area (Å²) in [5.74, 6) is 1.10. The number of unbranched alkanes of at least 4 members (excludes halogenated alkanes) is 1. The van der Waals surface area contributed by atoms with E-state index >= 15 is 0 Å². The van der Waals surface area contributed by atoms with Crippen LogP contribution in [0.25, 0.3) is 0 Å². The molecular weight excluding hydrogens is 482 g/mol. The SMILES string of the molecule is O=C(NCCCCN1CCCC1)c1cccc(OC2CCCN(CC(c3ccccc3)c3ccccc3)C2)c1. The lowest BCUT2D eigenvalue weighted by atomic mass is 9.90. The Labute approximate surface area is 234 Å². The van der Waals surface area contributed by atoms with E-state index in [2.05, 4.69) is 75.8 Å². The number of nitrogens with one attached hydrogen (secondary N) is 1. The lowest BCUT2D eigenvalue weighted by molar-refractivity contribution is 0.0861. The van der Waals surface area contributed by atoms with Crippen LogP contribution in [-0.4, -0.2) is 67.6 Å². The number of likely N-dealkylation sites (tertiary alicyclic amines) is 2. The molecule has 0 radical (unpaired) electrons. The molecule has 0 bridgehead atoms. The average molecular weight is 526 g/mol. The largest absolute Gasteiger partial charge is 0.489 e. The van der Waals surface area contributed by atoms with Crippen LogP contribution in [0, 0.1) is 0 Å². The van der Waals surface area contributed by atoms with Gasteiger partial charge in [0.05, 0.1) is 0 Å². The normalized spacial score (nSPS) is 18.3. The van der Waals surface area contributed by atoms with Crippen LogP contribution in [0.15, 0.2) is 84.9 Å². The number of ether oxygens (including phenoxy) is 1. The van der Waals surface area contributed by atoms with Crippen LogP contribution in [-0.2, 0) is 0 Å².